The summed E-state index contributed by atoms with van der Waals surface area (Å²) >= 11 is 4.76. The fourth-order valence-electron chi connectivity index (χ4n) is 1.09. The Morgan fingerprint density at radius 3 is 2.28 bits per heavy atom. The lowest BCUT2D eigenvalue weighted by Crippen LogP contribution is -2.13. The van der Waals surface area contributed by atoms with Crippen molar-refractivity contribution in [2.45, 2.75) is 0 Å². The summed E-state index contributed by atoms with van der Waals surface area (Å²) in [5.74, 6) is 0.414. The van der Waals surface area contributed by atoms with Crippen LogP contribution in [0, 0.1) is 0 Å². The highest BCUT2D eigenvalue weighted by Gasteiger charge is 2.11. The highest BCUT2D eigenvalue weighted by atomic mass is 32.1. The maximum Gasteiger partial charge on any atom is 0.324 e. The van der Waals surface area contributed by atoms with E-state index in [1.54, 1.807) is 0 Å². The van der Waals surface area contributed by atoms with Crippen LogP contribution in [0.5, 0.6) is 12.0 Å². The number of aromatic nitrogens is 6. The maximum absolute atomic E-state index is 5.41. The van der Waals surface area contributed by atoms with Crippen LogP contribution in [0.15, 0.2) is 6.33 Å². The summed E-state index contributed by atoms with van der Waals surface area (Å²) in [6.07, 6.45) is 1.38. The van der Waals surface area contributed by atoms with Crippen LogP contribution in [0.4, 0.5) is 0 Å². The Bertz CT molecular complexity index is 562. The summed E-state index contributed by atoms with van der Waals surface area (Å²) in [7, 11) is 2.86. The average Bonchev–Trinajstić information content (AvgIpc) is 2.87. The molecule has 10 heteroatoms. The van der Waals surface area contributed by atoms with Crippen molar-refractivity contribution in [3.8, 4) is 18.0 Å². The largest absolute Gasteiger partial charge is 0.467 e. The van der Waals surface area contributed by atoms with Gasteiger partial charge in [0.05, 0.1) is 14.2 Å². The third-order valence-corrected chi connectivity index (χ3v) is 2.05. The molecular formula is C8H9N7O2S. The minimum absolute atomic E-state index is 0.0849. The van der Waals surface area contributed by atoms with Crippen molar-refractivity contribution in [3.63, 3.8) is 0 Å². The topological polar surface area (TPSA) is 114 Å². The zero-order valence-electron chi connectivity index (χ0n) is 9.56. The van der Waals surface area contributed by atoms with Crippen molar-refractivity contribution in [2.75, 3.05) is 14.2 Å². The van der Waals surface area contributed by atoms with E-state index in [-0.39, 0.29) is 28.8 Å². The van der Waals surface area contributed by atoms with Gasteiger partial charge in [0, 0.05) is 0 Å². The molecule has 2 heterocycles. The lowest BCUT2D eigenvalue weighted by molar-refractivity contribution is 0.338. The van der Waals surface area contributed by atoms with Crippen LogP contribution >= 0.6 is 12.2 Å². The molecule has 0 unspecified atom stereocenters. The molecule has 0 fully saturated rings. The van der Waals surface area contributed by atoms with Gasteiger partial charge in [-0.1, -0.05) is 12.2 Å². The molecule has 0 saturated heterocycles. The van der Waals surface area contributed by atoms with Crippen molar-refractivity contribution in [1.29, 1.82) is 0 Å². The van der Waals surface area contributed by atoms with Crippen molar-refractivity contribution in [1.82, 2.24) is 29.7 Å². The van der Waals surface area contributed by atoms with Gasteiger partial charge in [-0.25, -0.2) is 4.98 Å². The monoisotopic (exact) mass is 267 g/mol. The number of thiocarbonyl (C=S) groups is 1. The van der Waals surface area contributed by atoms with E-state index < -0.39 is 0 Å². The van der Waals surface area contributed by atoms with Gasteiger partial charge in [-0.15, -0.1) is 10.1 Å². The number of hydrogen-bond acceptors (Lipinski definition) is 8. The molecule has 0 atom stereocenters. The number of ether oxygens (including phenoxy) is 2. The standard InChI is InChI=1S/C8H9N7O2S/c1-16-7-11-6(12-8(13-7)17-2)15-3-10-5(14-15)4(9)18/h3H,1-2H3,(H2,9,18). The van der Waals surface area contributed by atoms with Crippen molar-refractivity contribution in [2.24, 2.45) is 5.73 Å². The van der Waals surface area contributed by atoms with Crippen LogP contribution in [0.1, 0.15) is 5.82 Å². The SMILES string of the molecule is COc1nc(OC)nc(-n2cnc(C(N)=S)n2)n1. The predicted octanol–water partition coefficient (Wildman–Crippen LogP) is -0.896. The summed E-state index contributed by atoms with van der Waals surface area (Å²) in [6.45, 7) is 0. The number of nitrogens with two attached hydrogens (primary N) is 1. The van der Waals surface area contributed by atoms with E-state index in [0.717, 1.165) is 0 Å². The van der Waals surface area contributed by atoms with Gasteiger partial charge in [-0.05, 0) is 0 Å². The summed E-state index contributed by atoms with van der Waals surface area (Å²) in [4.78, 5) is 15.8. The lowest BCUT2D eigenvalue weighted by Gasteiger charge is -2.03. The molecule has 0 radical (unpaired) electrons. The molecule has 2 aromatic rings. The van der Waals surface area contributed by atoms with Gasteiger partial charge < -0.3 is 15.2 Å². The fourth-order valence-corrected chi connectivity index (χ4v) is 1.18. The summed E-state index contributed by atoms with van der Waals surface area (Å²) in [6, 6.07) is 0.202. The van der Waals surface area contributed by atoms with Gasteiger partial charge in [0.25, 0.3) is 5.95 Å². The first-order valence-electron chi connectivity index (χ1n) is 4.70. The van der Waals surface area contributed by atoms with E-state index >= 15 is 0 Å². The van der Waals surface area contributed by atoms with Crippen LogP contribution < -0.4 is 15.2 Å². The smallest absolute Gasteiger partial charge is 0.324 e. The summed E-state index contributed by atoms with van der Waals surface area (Å²) in [5.41, 5.74) is 5.41. The van der Waals surface area contributed by atoms with E-state index in [4.69, 9.17) is 27.4 Å². The molecule has 2 aromatic heterocycles. The van der Waals surface area contributed by atoms with Gasteiger partial charge in [0.1, 0.15) is 11.3 Å². The summed E-state index contributed by atoms with van der Waals surface area (Å²) < 4.78 is 11.1. The number of nitrogens with zero attached hydrogens (tertiary/aromatic N) is 6. The second-order valence-corrected chi connectivity index (χ2v) is 3.43. The molecule has 0 saturated carbocycles. The molecule has 0 spiro atoms. The average molecular weight is 267 g/mol. The van der Waals surface area contributed by atoms with Crippen molar-refractivity contribution < 1.29 is 9.47 Å². The zero-order valence-corrected chi connectivity index (χ0v) is 10.4. The molecule has 0 aliphatic rings. The van der Waals surface area contributed by atoms with E-state index in [2.05, 4.69) is 25.0 Å². The summed E-state index contributed by atoms with van der Waals surface area (Å²) in [5, 5.41) is 4.01. The Morgan fingerprint density at radius 2 is 1.83 bits per heavy atom. The first-order valence-corrected chi connectivity index (χ1v) is 5.10. The zero-order chi connectivity index (χ0) is 13.1. The maximum atomic E-state index is 5.41. The van der Waals surface area contributed by atoms with Gasteiger partial charge in [0.2, 0.25) is 5.82 Å². The minimum Gasteiger partial charge on any atom is -0.467 e. The molecule has 0 aliphatic carbocycles. The second kappa shape index (κ2) is 4.87. The van der Waals surface area contributed by atoms with E-state index in [1.165, 1.54) is 25.2 Å². The molecular weight excluding hydrogens is 258 g/mol. The Hall–Kier alpha value is -2.36. The molecule has 0 bridgehead atoms. The van der Waals surface area contributed by atoms with Crippen LogP contribution in [0.25, 0.3) is 5.95 Å². The quantitative estimate of drug-likeness (QED) is 0.704. The predicted molar refractivity (Wildman–Crippen MR) is 63.7 cm³/mol. The van der Waals surface area contributed by atoms with Gasteiger partial charge in [-0.3, -0.25) is 0 Å². The van der Waals surface area contributed by atoms with Gasteiger partial charge in [0.15, 0.2) is 0 Å². The number of methoxy groups -OCH3 is 2. The first-order chi connectivity index (χ1) is 8.63. The van der Waals surface area contributed by atoms with Crippen LogP contribution in [-0.2, 0) is 0 Å². The molecule has 0 aromatic carbocycles. The Morgan fingerprint density at radius 1 is 1.22 bits per heavy atom. The van der Waals surface area contributed by atoms with E-state index in [9.17, 15) is 0 Å². The molecule has 0 amide bonds. The molecule has 0 aliphatic heterocycles. The molecule has 2 rings (SSSR count). The van der Waals surface area contributed by atoms with Gasteiger partial charge in [-0.2, -0.15) is 14.6 Å². The lowest BCUT2D eigenvalue weighted by atomic mass is 10.6. The van der Waals surface area contributed by atoms with E-state index in [0.29, 0.717) is 0 Å². The Balaban J connectivity index is 2.45. The molecule has 9 nitrogen and oxygen atoms in total. The van der Waals surface area contributed by atoms with Crippen LogP contribution in [0.2, 0.25) is 0 Å². The third-order valence-electron chi connectivity index (χ3n) is 1.86. The van der Waals surface area contributed by atoms with E-state index in [1.807, 2.05) is 0 Å². The second-order valence-electron chi connectivity index (χ2n) is 2.99. The van der Waals surface area contributed by atoms with Crippen LogP contribution in [-0.4, -0.2) is 48.9 Å². The number of rotatable bonds is 4. The Labute approximate surface area is 107 Å². The van der Waals surface area contributed by atoms with Gasteiger partial charge >= 0.3 is 12.0 Å². The third kappa shape index (κ3) is 2.32. The molecule has 2 N–H and O–H groups in total. The Kier molecular flexibility index (Phi) is 3.28. The molecule has 94 valence electrons. The highest BCUT2D eigenvalue weighted by Crippen LogP contribution is 2.11. The number of hydrogen-bond donors (Lipinski definition) is 1. The normalized spacial score (nSPS) is 10.1. The first kappa shape index (κ1) is 12.1. The van der Waals surface area contributed by atoms with Crippen molar-refractivity contribution >= 4 is 17.2 Å². The molecule has 18 heavy (non-hydrogen) atoms. The fraction of sp³-hybridized carbons (Fsp3) is 0.250. The highest BCUT2D eigenvalue weighted by molar-refractivity contribution is 7.80. The van der Waals surface area contributed by atoms with Crippen molar-refractivity contribution in [3.05, 3.63) is 12.2 Å². The minimum atomic E-state index is 0.0849. The van der Waals surface area contributed by atoms with Crippen LogP contribution in [0.3, 0.4) is 0 Å².